The van der Waals surface area contributed by atoms with Gasteiger partial charge in [0.05, 0.1) is 12.0 Å². The number of nitrogens with zero attached hydrogens (tertiary/aromatic N) is 2. The van der Waals surface area contributed by atoms with Crippen LogP contribution in [0.1, 0.15) is 31.2 Å². The molecule has 0 aliphatic heterocycles. The van der Waals surface area contributed by atoms with Gasteiger partial charge in [-0.05, 0) is 31.5 Å². The molecule has 0 aromatic heterocycles. The van der Waals surface area contributed by atoms with Gasteiger partial charge in [0.25, 0.3) is 0 Å². The van der Waals surface area contributed by atoms with Crippen molar-refractivity contribution in [2.45, 2.75) is 38.3 Å². The molecule has 0 heterocycles. The first-order valence-electron chi connectivity index (χ1n) is 6.55. The monoisotopic (exact) mass is 306 g/mol. The zero-order valence-electron chi connectivity index (χ0n) is 10.8. The van der Waals surface area contributed by atoms with Crippen LogP contribution in [0.15, 0.2) is 28.7 Å². The molecule has 0 bridgehead atoms. The molecule has 1 aromatic rings. The van der Waals surface area contributed by atoms with Gasteiger partial charge in [-0.2, -0.15) is 5.26 Å². The van der Waals surface area contributed by atoms with Gasteiger partial charge in [0.2, 0.25) is 0 Å². The smallest absolute Gasteiger partial charge is 0.0672 e. The lowest BCUT2D eigenvalue weighted by Gasteiger charge is -2.34. The van der Waals surface area contributed by atoms with Crippen molar-refractivity contribution in [3.05, 3.63) is 34.3 Å². The fourth-order valence-corrected chi connectivity index (χ4v) is 3.21. The summed E-state index contributed by atoms with van der Waals surface area (Å²) in [5.74, 6) is 0.200. The molecular formula is C15H19BrN2. The summed E-state index contributed by atoms with van der Waals surface area (Å²) in [6.07, 6.45) is 4.67. The maximum Gasteiger partial charge on any atom is 0.0672 e. The van der Waals surface area contributed by atoms with Crippen LogP contribution >= 0.6 is 15.9 Å². The number of hydrogen-bond acceptors (Lipinski definition) is 2. The second kappa shape index (κ2) is 6.36. The van der Waals surface area contributed by atoms with Gasteiger partial charge in [-0.15, -0.1) is 0 Å². The third kappa shape index (κ3) is 3.13. The number of nitriles is 1. The first-order chi connectivity index (χ1) is 8.72. The highest BCUT2D eigenvalue weighted by Gasteiger charge is 2.28. The van der Waals surface area contributed by atoms with Crippen LogP contribution in [-0.4, -0.2) is 18.0 Å². The maximum absolute atomic E-state index is 9.25. The van der Waals surface area contributed by atoms with Gasteiger partial charge in [-0.25, -0.2) is 0 Å². The van der Waals surface area contributed by atoms with E-state index in [1.165, 1.54) is 18.4 Å². The summed E-state index contributed by atoms with van der Waals surface area (Å²) in [5.41, 5.74) is 1.29. The molecule has 1 saturated carbocycles. The minimum atomic E-state index is 0.200. The van der Waals surface area contributed by atoms with E-state index in [0.717, 1.165) is 23.9 Å². The maximum atomic E-state index is 9.25. The van der Waals surface area contributed by atoms with E-state index in [1.807, 2.05) is 6.07 Å². The van der Waals surface area contributed by atoms with E-state index in [2.05, 4.69) is 52.1 Å². The van der Waals surface area contributed by atoms with Crippen molar-refractivity contribution in [2.24, 2.45) is 5.92 Å². The highest BCUT2D eigenvalue weighted by atomic mass is 79.9. The number of rotatable bonds is 3. The molecule has 3 heteroatoms. The molecule has 96 valence electrons. The molecule has 0 amide bonds. The Kier molecular flexibility index (Phi) is 4.79. The fraction of sp³-hybridized carbons (Fsp3) is 0.533. The molecule has 0 spiro atoms. The Morgan fingerprint density at radius 2 is 2.06 bits per heavy atom. The van der Waals surface area contributed by atoms with E-state index in [9.17, 15) is 5.26 Å². The Morgan fingerprint density at radius 3 is 2.78 bits per heavy atom. The molecule has 1 aromatic carbocycles. The summed E-state index contributed by atoms with van der Waals surface area (Å²) in [6, 6.07) is 11.2. The summed E-state index contributed by atoms with van der Waals surface area (Å²) in [4.78, 5) is 2.34. The average Bonchev–Trinajstić information content (AvgIpc) is 2.41. The van der Waals surface area contributed by atoms with Crippen LogP contribution in [0, 0.1) is 17.2 Å². The van der Waals surface area contributed by atoms with Crippen LogP contribution in [0.3, 0.4) is 0 Å². The first kappa shape index (κ1) is 13.6. The van der Waals surface area contributed by atoms with E-state index in [1.54, 1.807) is 0 Å². The third-order valence-electron chi connectivity index (χ3n) is 3.84. The van der Waals surface area contributed by atoms with E-state index in [4.69, 9.17) is 0 Å². The van der Waals surface area contributed by atoms with Gasteiger partial charge in [0.15, 0.2) is 0 Å². The predicted molar refractivity (Wildman–Crippen MR) is 77.0 cm³/mol. The number of halogens is 1. The van der Waals surface area contributed by atoms with Crippen molar-refractivity contribution in [1.29, 1.82) is 5.26 Å². The van der Waals surface area contributed by atoms with Gasteiger partial charge in [-0.1, -0.05) is 47.0 Å². The van der Waals surface area contributed by atoms with Gasteiger partial charge in [0.1, 0.15) is 0 Å². The highest BCUT2D eigenvalue weighted by molar-refractivity contribution is 9.10. The summed E-state index contributed by atoms with van der Waals surface area (Å²) in [5, 5.41) is 9.25. The van der Waals surface area contributed by atoms with Crippen molar-refractivity contribution < 1.29 is 0 Å². The lowest BCUT2D eigenvalue weighted by Crippen LogP contribution is -2.39. The number of benzene rings is 1. The predicted octanol–water partition coefficient (Wildman–Crippen LogP) is 3.96. The first-order valence-corrected chi connectivity index (χ1v) is 7.35. The lowest BCUT2D eigenvalue weighted by atomic mass is 9.84. The van der Waals surface area contributed by atoms with Crippen LogP contribution in [-0.2, 0) is 6.54 Å². The van der Waals surface area contributed by atoms with Crippen molar-refractivity contribution in [3.8, 4) is 6.07 Å². The molecule has 1 aliphatic carbocycles. The van der Waals surface area contributed by atoms with E-state index < -0.39 is 0 Å². The molecule has 0 saturated heterocycles. The molecule has 2 atom stereocenters. The summed E-state index contributed by atoms with van der Waals surface area (Å²) >= 11 is 3.59. The van der Waals surface area contributed by atoms with Crippen LogP contribution in [0.2, 0.25) is 0 Å². The third-order valence-corrected chi connectivity index (χ3v) is 4.61. The van der Waals surface area contributed by atoms with Crippen LogP contribution in [0.4, 0.5) is 0 Å². The van der Waals surface area contributed by atoms with Crippen molar-refractivity contribution in [1.82, 2.24) is 4.90 Å². The summed E-state index contributed by atoms with van der Waals surface area (Å²) < 4.78 is 1.15. The van der Waals surface area contributed by atoms with E-state index in [0.29, 0.717) is 6.04 Å². The second-order valence-corrected chi connectivity index (χ2v) is 5.95. The largest absolute Gasteiger partial charge is 0.298 e. The lowest BCUT2D eigenvalue weighted by molar-refractivity contribution is 0.150. The van der Waals surface area contributed by atoms with Gasteiger partial charge in [-0.3, -0.25) is 4.90 Å². The van der Waals surface area contributed by atoms with Gasteiger partial charge < -0.3 is 0 Å². The quantitative estimate of drug-likeness (QED) is 0.845. The van der Waals surface area contributed by atoms with Crippen molar-refractivity contribution in [2.75, 3.05) is 7.05 Å². The van der Waals surface area contributed by atoms with E-state index >= 15 is 0 Å². The minimum absolute atomic E-state index is 0.200. The van der Waals surface area contributed by atoms with Crippen LogP contribution < -0.4 is 0 Å². The van der Waals surface area contributed by atoms with E-state index in [-0.39, 0.29) is 5.92 Å². The number of hydrogen-bond donors (Lipinski definition) is 0. The van der Waals surface area contributed by atoms with Gasteiger partial charge in [0, 0.05) is 17.1 Å². The summed E-state index contributed by atoms with van der Waals surface area (Å²) in [6.45, 7) is 0.907. The van der Waals surface area contributed by atoms with Crippen molar-refractivity contribution >= 4 is 15.9 Å². The van der Waals surface area contributed by atoms with Gasteiger partial charge >= 0.3 is 0 Å². The molecule has 1 fully saturated rings. The second-order valence-electron chi connectivity index (χ2n) is 5.09. The SMILES string of the molecule is CN(Cc1ccccc1Br)C1CCCCC1C#N. The molecule has 1 aliphatic rings. The normalized spacial score (nSPS) is 23.9. The summed E-state index contributed by atoms with van der Waals surface area (Å²) in [7, 11) is 2.14. The molecule has 2 rings (SSSR count). The highest BCUT2D eigenvalue weighted by Crippen LogP contribution is 2.29. The zero-order chi connectivity index (χ0) is 13.0. The van der Waals surface area contributed by atoms with Crippen LogP contribution in [0.5, 0.6) is 0 Å². The van der Waals surface area contributed by atoms with Crippen molar-refractivity contribution in [3.63, 3.8) is 0 Å². The molecule has 0 N–H and O–H groups in total. The minimum Gasteiger partial charge on any atom is -0.298 e. The molecule has 2 unspecified atom stereocenters. The molecule has 2 nitrogen and oxygen atoms in total. The Labute approximate surface area is 118 Å². The Hall–Kier alpha value is -0.850. The Balaban J connectivity index is 2.05. The van der Waals surface area contributed by atoms with Crippen LogP contribution in [0.25, 0.3) is 0 Å². The fourth-order valence-electron chi connectivity index (χ4n) is 2.80. The Morgan fingerprint density at radius 1 is 1.33 bits per heavy atom. The molecular weight excluding hydrogens is 288 g/mol. The Bertz CT molecular complexity index is 438. The topological polar surface area (TPSA) is 27.0 Å². The zero-order valence-corrected chi connectivity index (χ0v) is 12.4. The molecule has 18 heavy (non-hydrogen) atoms. The standard InChI is InChI=1S/C15H19BrN2/c1-18(11-13-7-2-4-8-14(13)16)15-9-5-3-6-12(15)10-17/h2,4,7-8,12,15H,3,5-6,9,11H2,1H3. The molecule has 0 radical (unpaired) electrons. The average molecular weight is 307 g/mol.